The molecular formula is C51H30N4OS. The Kier molecular flexibility index (Phi) is 7.03. The molecule has 0 spiro atoms. The summed E-state index contributed by atoms with van der Waals surface area (Å²) in [5.74, 6) is 1.91. The van der Waals surface area contributed by atoms with Gasteiger partial charge in [-0.3, -0.25) is 0 Å². The molecule has 0 aliphatic carbocycles. The van der Waals surface area contributed by atoms with Crippen LogP contribution in [0.25, 0.3) is 115 Å². The molecule has 0 amide bonds. The minimum Gasteiger partial charge on any atom is -0.455 e. The third-order valence-corrected chi connectivity index (χ3v) is 12.3. The molecule has 0 radical (unpaired) electrons. The summed E-state index contributed by atoms with van der Waals surface area (Å²) >= 11 is 1.84. The molecule has 0 saturated heterocycles. The number of benzene rings is 8. The molecule has 0 saturated carbocycles. The Morgan fingerprint density at radius 2 is 1.02 bits per heavy atom. The average molecular weight is 747 g/mol. The monoisotopic (exact) mass is 746 g/mol. The van der Waals surface area contributed by atoms with Crippen molar-refractivity contribution in [3.63, 3.8) is 0 Å². The van der Waals surface area contributed by atoms with Gasteiger partial charge < -0.3 is 8.98 Å². The van der Waals surface area contributed by atoms with Crippen molar-refractivity contribution < 1.29 is 4.42 Å². The lowest BCUT2D eigenvalue weighted by atomic mass is 9.99. The number of hydrogen-bond acceptors (Lipinski definition) is 5. The van der Waals surface area contributed by atoms with E-state index in [0.717, 1.165) is 77.2 Å². The molecule has 0 N–H and O–H groups in total. The van der Waals surface area contributed by atoms with Crippen LogP contribution in [-0.2, 0) is 0 Å². The predicted octanol–water partition coefficient (Wildman–Crippen LogP) is 13.9. The van der Waals surface area contributed by atoms with Crippen molar-refractivity contribution >= 4 is 75.3 Å². The van der Waals surface area contributed by atoms with Crippen LogP contribution in [0.3, 0.4) is 0 Å². The van der Waals surface area contributed by atoms with Gasteiger partial charge in [0.1, 0.15) is 11.2 Å². The van der Waals surface area contributed by atoms with E-state index in [1.54, 1.807) is 0 Å². The SMILES string of the molecule is c1ccc(-c2nc(-c3ccccc3)nc(-c3cccc4c3c3ccccc3n4-c3cc(-c4cccc5c4oc4ccccc45)c4sc5ccccc5c4c3)n2)cc1. The molecule has 8 aromatic carbocycles. The number of furan rings is 1. The van der Waals surface area contributed by atoms with E-state index >= 15 is 0 Å². The second kappa shape index (κ2) is 12.6. The van der Waals surface area contributed by atoms with Gasteiger partial charge in [0.05, 0.1) is 11.0 Å². The van der Waals surface area contributed by atoms with Gasteiger partial charge in [-0.1, -0.05) is 146 Å². The molecule has 0 bridgehead atoms. The molecule has 0 unspecified atom stereocenters. The topological polar surface area (TPSA) is 56.7 Å². The van der Waals surface area contributed by atoms with Crippen LogP contribution in [0.2, 0.25) is 0 Å². The fourth-order valence-electron chi connectivity index (χ4n) is 8.51. The fourth-order valence-corrected chi connectivity index (χ4v) is 9.73. The highest BCUT2D eigenvalue weighted by atomic mass is 32.1. The van der Waals surface area contributed by atoms with Crippen molar-refractivity contribution in [1.82, 2.24) is 19.5 Å². The lowest BCUT2D eigenvalue weighted by Gasteiger charge is -2.13. The van der Waals surface area contributed by atoms with E-state index in [1.165, 1.54) is 20.2 Å². The highest BCUT2D eigenvalue weighted by Crippen LogP contribution is 2.46. The Morgan fingerprint density at radius 3 is 1.81 bits per heavy atom. The van der Waals surface area contributed by atoms with Crippen molar-refractivity contribution in [3.05, 3.63) is 182 Å². The summed E-state index contributed by atoms with van der Waals surface area (Å²) in [6.45, 7) is 0. The third kappa shape index (κ3) is 4.98. The summed E-state index contributed by atoms with van der Waals surface area (Å²) in [4.78, 5) is 15.3. The summed E-state index contributed by atoms with van der Waals surface area (Å²) < 4.78 is 11.6. The van der Waals surface area contributed by atoms with E-state index < -0.39 is 0 Å². The number of para-hydroxylation sites is 3. The molecule has 0 atom stereocenters. The normalized spacial score (nSPS) is 11.9. The molecule has 0 aliphatic rings. The number of aromatic nitrogens is 4. The van der Waals surface area contributed by atoms with Crippen LogP contribution >= 0.6 is 11.3 Å². The molecule has 5 nitrogen and oxygen atoms in total. The van der Waals surface area contributed by atoms with Crippen molar-refractivity contribution in [3.8, 4) is 51.0 Å². The highest BCUT2D eigenvalue weighted by Gasteiger charge is 2.22. The van der Waals surface area contributed by atoms with Crippen molar-refractivity contribution in [1.29, 1.82) is 0 Å². The Balaban J connectivity index is 1.15. The van der Waals surface area contributed by atoms with Gasteiger partial charge in [-0.2, -0.15) is 0 Å². The highest BCUT2D eigenvalue weighted by molar-refractivity contribution is 7.26. The zero-order valence-corrected chi connectivity index (χ0v) is 31.2. The smallest absolute Gasteiger partial charge is 0.164 e. The van der Waals surface area contributed by atoms with Crippen LogP contribution in [0, 0.1) is 0 Å². The van der Waals surface area contributed by atoms with E-state index in [0.29, 0.717) is 17.5 Å². The summed E-state index contributed by atoms with van der Waals surface area (Å²) in [5, 5.41) is 6.92. The number of nitrogens with zero attached hydrogens (tertiary/aromatic N) is 4. The molecule has 12 aromatic rings. The van der Waals surface area contributed by atoms with Crippen molar-refractivity contribution in [2.45, 2.75) is 0 Å². The summed E-state index contributed by atoms with van der Waals surface area (Å²) in [6, 6.07) is 63.7. The molecule has 0 aliphatic heterocycles. The first-order chi connectivity index (χ1) is 28.3. The van der Waals surface area contributed by atoms with Gasteiger partial charge in [0, 0.05) is 75.2 Å². The lowest BCUT2D eigenvalue weighted by molar-refractivity contribution is 0.670. The number of rotatable bonds is 5. The predicted molar refractivity (Wildman–Crippen MR) is 236 cm³/mol. The maximum atomic E-state index is 6.66. The standard InChI is InChI=1S/C51H30N4OS/c1-3-15-31(16-4-1)49-52-50(32-17-5-2-6-18-32)54-51(53-49)39-24-14-26-43-46(39)38-21-7-10-25-42(38)55(43)33-29-40-35-20-9-12-28-45(35)57-48(40)41(30-33)37-23-13-22-36-34-19-8-11-27-44(34)56-47(36)37/h1-30H. The quantitative estimate of drug-likeness (QED) is 0.176. The van der Waals surface area contributed by atoms with Gasteiger partial charge in [-0.25, -0.2) is 15.0 Å². The number of fused-ring (bicyclic) bond motifs is 9. The Bertz CT molecular complexity index is 3470. The minimum atomic E-state index is 0.632. The molecule has 57 heavy (non-hydrogen) atoms. The second-order valence-corrected chi connectivity index (χ2v) is 15.4. The van der Waals surface area contributed by atoms with Crippen LogP contribution in [0.1, 0.15) is 0 Å². The van der Waals surface area contributed by atoms with Gasteiger partial charge in [0.25, 0.3) is 0 Å². The molecular weight excluding hydrogens is 717 g/mol. The van der Waals surface area contributed by atoms with E-state index in [9.17, 15) is 0 Å². The van der Waals surface area contributed by atoms with E-state index in [1.807, 2.05) is 78.1 Å². The molecule has 0 fully saturated rings. The summed E-state index contributed by atoms with van der Waals surface area (Å²) in [7, 11) is 0. The maximum Gasteiger partial charge on any atom is 0.164 e. The average Bonchev–Trinajstić information content (AvgIpc) is 3.96. The van der Waals surface area contributed by atoms with Gasteiger partial charge in [-0.15, -0.1) is 11.3 Å². The zero-order chi connectivity index (χ0) is 37.5. The number of thiophene rings is 1. The first-order valence-corrected chi connectivity index (χ1v) is 19.8. The Morgan fingerprint density at radius 1 is 0.421 bits per heavy atom. The van der Waals surface area contributed by atoms with Crippen LogP contribution in [0.15, 0.2) is 186 Å². The van der Waals surface area contributed by atoms with E-state index in [2.05, 4.69) is 120 Å². The van der Waals surface area contributed by atoms with Gasteiger partial charge in [-0.05, 0) is 36.4 Å². The molecule has 12 rings (SSSR count). The third-order valence-electron chi connectivity index (χ3n) is 11.1. The van der Waals surface area contributed by atoms with Gasteiger partial charge in [0.15, 0.2) is 17.5 Å². The van der Waals surface area contributed by atoms with Crippen LogP contribution in [0.5, 0.6) is 0 Å². The molecule has 4 aromatic heterocycles. The van der Waals surface area contributed by atoms with Gasteiger partial charge in [0.2, 0.25) is 0 Å². The maximum absolute atomic E-state index is 6.66. The van der Waals surface area contributed by atoms with E-state index in [-0.39, 0.29) is 0 Å². The van der Waals surface area contributed by atoms with E-state index in [4.69, 9.17) is 19.4 Å². The Hall–Kier alpha value is -7.41. The molecule has 6 heteroatoms. The van der Waals surface area contributed by atoms with Crippen LogP contribution < -0.4 is 0 Å². The second-order valence-electron chi connectivity index (χ2n) is 14.3. The van der Waals surface area contributed by atoms with Gasteiger partial charge >= 0.3 is 0 Å². The van der Waals surface area contributed by atoms with Crippen LogP contribution in [0.4, 0.5) is 0 Å². The molecule has 266 valence electrons. The van der Waals surface area contributed by atoms with Crippen LogP contribution in [-0.4, -0.2) is 19.5 Å². The first kappa shape index (κ1) is 31.9. The number of hydrogen-bond donors (Lipinski definition) is 0. The van der Waals surface area contributed by atoms with Crippen molar-refractivity contribution in [2.75, 3.05) is 0 Å². The zero-order valence-electron chi connectivity index (χ0n) is 30.4. The first-order valence-electron chi connectivity index (χ1n) is 19.0. The van der Waals surface area contributed by atoms with Crippen molar-refractivity contribution in [2.24, 2.45) is 0 Å². The molecule has 4 heterocycles. The minimum absolute atomic E-state index is 0.632. The summed E-state index contributed by atoms with van der Waals surface area (Å²) in [5.41, 5.74) is 10.1. The summed E-state index contributed by atoms with van der Waals surface area (Å²) in [6.07, 6.45) is 0. The lowest BCUT2D eigenvalue weighted by Crippen LogP contribution is -2.00. The largest absolute Gasteiger partial charge is 0.455 e. The Labute approximate surface area is 330 Å². The fraction of sp³-hybridized carbons (Fsp3) is 0.